The molecule has 3 aromatic rings. The summed E-state index contributed by atoms with van der Waals surface area (Å²) in [6.45, 7) is 0. The summed E-state index contributed by atoms with van der Waals surface area (Å²) in [5.74, 6) is 1.66. The Morgan fingerprint density at radius 1 is 1.21 bits per heavy atom. The first-order valence-electron chi connectivity index (χ1n) is 8.53. The zero-order chi connectivity index (χ0) is 19.9. The van der Waals surface area contributed by atoms with Crippen LogP contribution in [0, 0.1) is 0 Å². The smallest absolute Gasteiger partial charge is 0.226 e. The van der Waals surface area contributed by atoms with Gasteiger partial charge in [0.15, 0.2) is 5.13 Å². The second-order valence-electron chi connectivity index (χ2n) is 5.84. The summed E-state index contributed by atoms with van der Waals surface area (Å²) in [5, 5.41) is 6.39. The van der Waals surface area contributed by atoms with Crippen molar-refractivity contribution in [2.75, 3.05) is 18.2 Å². The van der Waals surface area contributed by atoms with E-state index in [0.29, 0.717) is 21.6 Å². The van der Waals surface area contributed by atoms with Gasteiger partial charge < -0.3 is 10.1 Å². The average Bonchev–Trinajstić information content (AvgIpc) is 3.13. The number of anilines is 1. The topological polar surface area (TPSA) is 51.2 Å². The normalized spacial score (nSPS) is 10.7. The summed E-state index contributed by atoms with van der Waals surface area (Å²) in [4.78, 5) is 17.8. The van der Waals surface area contributed by atoms with Crippen LogP contribution in [0.1, 0.15) is 12.8 Å². The van der Waals surface area contributed by atoms with Crippen LogP contribution in [0.15, 0.2) is 52.7 Å². The third-order valence-electron chi connectivity index (χ3n) is 3.83. The van der Waals surface area contributed by atoms with Crippen molar-refractivity contribution in [2.45, 2.75) is 17.7 Å². The highest BCUT2D eigenvalue weighted by atomic mass is 35.5. The lowest BCUT2D eigenvalue weighted by atomic mass is 10.2. The van der Waals surface area contributed by atoms with Crippen LogP contribution in [0.25, 0.3) is 11.3 Å². The standard InChI is InChI=1S/C20H18Cl2N2O2S2/c1-26-14-5-7-15(8-6-14)27-10-2-3-19(25)24-20-23-18(12-28-20)16-9-4-13(21)11-17(16)22/h4-9,11-12H,2-3,10H2,1H3,(H,23,24,25). The second-order valence-corrected chi connectivity index (χ2v) is 8.71. The van der Waals surface area contributed by atoms with E-state index in [2.05, 4.69) is 10.3 Å². The number of methoxy groups -OCH3 is 1. The first-order chi connectivity index (χ1) is 13.5. The van der Waals surface area contributed by atoms with Crippen molar-refractivity contribution in [3.63, 3.8) is 0 Å². The maximum absolute atomic E-state index is 12.2. The van der Waals surface area contributed by atoms with E-state index in [0.717, 1.165) is 34.1 Å². The quantitative estimate of drug-likeness (QED) is 0.307. The van der Waals surface area contributed by atoms with Gasteiger partial charge in [0.25, 0.3) is 0 Å². The fourth-order valence-electron chi connectivity index (χ4n) is 2.43. The van der Waals surface area contributed by atoms with Gasteiger partial charge in [0, 0.05) is 27.3 Å². The Morgan fingerprint density at radius 2 is 2.00 bits per heavy atom. The maximum atomic E-state index is 12.2. The molecule has 1 amide bonds. The zero-order valence-corrected chi connectivity index (χ0v) is 18.2. The monoisotopic (exact) mass is 452 g/mol. The predicted molar refractivity (Wildman–Crippen MR) is 119 cm³/mol. The van der Waals surface area contributed by atoms with Crippen LogP contribution >= 0.6 is 46.3 Å². The molecule has 0 aliphatic rings. The first-order valence-corrected chi connectivity index (χ1v) is 11.1. The molecule has 0 radical (unpaired) electrons. The molecule has 0 saturated carbocycles. The Hall–Kier alpha value is -1.73. The average molecular weight is 453 g/mol. The van der Waals surface area contributed by atoms with Crippen LogP contribution in [0.2, 0.25) is 10.0 Å². The zero-order valence-electron chi connectivity index (χ0n) is 15.1. The van der Waals surface area contributed by atoms with Gasteiger partial charge in [-0.2, -0.15) is 0 Å². The third kappa shape index (κ3) is 5.88. The molecule has 0 aliphatic carbocycles. The second kappa shape index (κ2) is 10.2. The molecular formula is C20H18Cl2N2O2S2. The van der Waals surface area contributed by atoms with Crippen molar-refractivity contribution < 1.29 is 9.53 Å². The number of nitrogens with one attached hydrogen (secondary N) is 1. The highest BCUT2D eigenvalue weighted by molar-refractivity contribution is 7.99. The molecule has 28 heavy (non-hydrogen) atoms. The number of thiazole rings is 1. The Labute approximate surface area is 182 Å². The van der Waals surface area contributed by atoms with Crippen LogP contribution in [-0.4, -0.2) is 23.8 Å². The van der Waals surface area contributed by atoms with Gasteiger partial charge in [-0.25, -0.2) is 4.98 Å². The van der Waals surface area contributed by atoms with E-state index in [-0.39, 0.29) is 5.91 Å². The number of hydrogen-bond donors (Lipinski definition) is 1. The van der Waals surface area contributed by atoms with Crippen LogP contribution in [-0.2, 0) is 4.79 Å². The summed E-state index contributed by atoms with van der Waals surface area (Å²) in [6.07, 6.45) is 1.23. The van der Waals surface area contributed by atoms with Crippen molar-refractivity contribution >= 4 is 57.3 Å². The molecule has 146 valence electrons. The SMILES string of the molecule is COc1ccc(SCCCC(=O)Nc2nc(-c3ccc(Cl)cc3Cl)cs2)cc1. The van der Waals surface area contributed by atoms with E-state index < -0.39 is 0 Å². The molecule has 0 saturated heterocycles. The van der Waals surface area contributed by atoms with Crippen LogP contribution in [0.5, 0.6) is 5.75 Å². The van der Waals surface area contributed by atoms with Crippen molar-refractivity contribution in [3.05, 3.63) is 57.9 Å². The largest absolute Gasteiger partial charge is 0.497 e. The number of halogens is 2. The number of benzene rings is 2. The van der Waals surface area contributed by atoms with Gasteiger partial charge >= 0.3 is 0 Å². The molecule has 0 bridgehead atoms. The van der Waals surface area contributed by atoms with Crippen LogP contribution in [0.3, 0.4) is 0 Å². The number of nitrogens with zero attached hydrogens (tertiary/aromatic N) is 1. The highest BCUT2D eigenvalue weighted by Crippen LogP contribution is 2.32. The van der Waals surface area contributed by atoms with Gasteiger partial charge in [-0.3, -0.25) is 4.79 Å². The minimum atomic E-state index is -0.0431. The number of rotatable bonds is 8. The van der Waals surface area contributed by atoms with Gasteiger partial charge in [0.1, 0.15) is 5.75 Å². The maximum Gasteiger partial charge on any atom is 0.226 e. The number of amides is 1. The summed E-state index contributed by atoms with van der Waals surface area (Å²) in [7, 11) is 1.65. The molecule has 0 spiro atoms. The lowest BCUT2D eigenvalue weighted by molar-refractivity contribution is -0.116. The van der Waals surface area contributed by atoms with E-state index in [1.165, 1.54) is 11.3 Å². The highest BCUT2D eigenvalue weighted by Gasteiger charge is 2.11. The van der Waals surface area contributed by atoms with Crippen molar-refractivity contribution in [3.8, 4) is 17.0 Å². The first kappa shape index (κ1) is 21.0. The Bertz CT molecular complexity index is 946. The number of carbonyl (C=O) groups is 1. The van der Waals surface area contributed by atoms with E-state index in [9.17, 15) is 4.79 Å². The van der Waals surface area contributed by atoms with Gasteiger partial charge in [-0.15, -0.1) is 23.1 Å². The number of carbonyl (C=O) groups excluding carboxylic acids is 1. The van der Waals surface area contributed by atoms with E-state index in [1.807, 2.05) is 35.7 Å². The van der Waals surface area contributed by atoms with Gasteiger partial charge in [0.2, 0.25) is 5.91 Å². The summed E-state index contributed by atoms with van der Waals surface area (Å²) < 4.78 is 5.14. The Kier molecular flexibility index (Phi) is 7.62. The van der Waals surface area contributed by atoms with Crippen molar-refractivity contribution in [1.82, 2.24) is 4.98 Å². The van der Waals surface area contributed by atoms with E-state index in [1.54, 1.807) is 31.0 Å². The molecule has 0 fully saturated rings. The molecule has 3 rings (SSSR count). The molecule has 4 nitrogen and oxygen atoms in total. The van der Waals surface area contributed by atoms with Gasteiger partial charge in [0.05, 0.1) is 17.8 Å². The number of hydrogen-bond acceptors (Lipinski definition) is 5. The third-order valence-corrected chi connectivity index (χ3v) is 6.24. The Morgan fingerprint density at radius 3 is 2.71 bits per heavy atom. The van der Waals surface area contributed by atoms with Gasteiger partial charge in [-0.05, 0) is 54.6 Å². The minimum absolute atomic E-state index is 0.0431. The summed E-state index contributed by atoms with van der Waals surface area (Å²) >= 11 is 15.2. The molecule has 8 heteroatoms. The fraction of sp³-hybridized carbons (Fsp3) is 0.200. The number of thioether (sulfide) groups is 1. The van der Waals surface area contributed by atoms with E-state index >= 15 is 0 Å². The minimum Gasteiger partial charge on any atom is -0.497 e. The molecule has 1 aromatic heterocycles. The van der Waals surface area contributed by atoms with Crippen LogP contribution in [0.4, 0.5) is 5.13 Å². The van der Waals surface area contributed by atoms with Gasteiger partial charge in [-0.1, -0.05) is 23.2 Å². The molecule has 0 aliphatic heterocycles. The molecule has 1 N–H and O–H groups in total. The van der Waals surface area contributed by atoms with E-state index in [4.69, 9.17) is 27.9 Å². The summed E-state index contributed by atoms with van der Waals surface area (Å²) in [5.41, 5.74) is 1.51. The molecule has 1 heterocycles. The Balaban J connectivity index is 1.45. The molecule has 0 unspecified atom stereocenters. The predicted octanol–water partition coefficient (Wildman–Crippen LogP) is 6.64. The molecule has 0 atom stereocenters. The molecular weight excluding hydrogens is 435 g/mol. The van der Waals surface area contributed by atoms with Crippen molar-refractivity contribution in [1.29, 1.82) is 0 Å². The van der Waals surface area contributed by atoms with Crippen molar-refractivity contribution in [2.24, 2.45) is 0 Å². The summed E-state index contributed by atoms with van der Waals surface area (Å²) in [6, 6.07) is 13.2. The fourth-order valence-corrected chi connectivity index (χ4v) is 4.51. The lowest BCUT2D eigenvalue weighted by Crippen LogP contribution is -2.11. The number of ether oxygens (including phenoxy) is 1. The lowest BCUT2D eigenvalue weighted by Gasteiger charge is -2.04. The number of aromatic nitrogens is 1. The molecule has 2 aromatic carbocycles. The van der Waals surface area contributed by atoms with Crippen LogP contribution < -0.4 is 10.1 Å².